The average molecular weight is 482 g/mol. The molecule has 36 heavy (non-hydrogen) atoms. The van der Waals surface area contributed by atoms with Crippen molar-refractivity contribution < 1.29 is 0 Å². The molecule has 0 atom stereocenters. The maximum Gasteiger partial charge on any atom is 0.0795 e. The Bertz CT molecular complexity index is 1690. The largest absolute Gasteiger partial charge is 0.256 e. The zero-order valence-corrected chi connectivity index (χ0v) is 21.7. The van der Waals surface area contributed by atoms with Gasteiger partial charge in [-0.05, 0) is 35.4 Å². The molecule has 0 fully saturated rings. The molecular weight excluding hydrogens is 454 g/mol. The van der Waals surface area contributed by atoms with Gasteiger partial charge in [-0.3, -0.25) is 15.0 Å². The minimum atomic E-state index is -1.30. The Kier molecular flexibility index (Phi) is 5.46. The maximum atomic E-state index is 4.79. The second-order valence-electron chi connectivity index (χ2n) is 10.3. The van der Waals surface area contributed by atoms with E-state index in [1.807, 2.05) is 24.7 Å². The lowest BCUT2D eigenvalue weighted by molar-refractivity contribution is 1.31. The van der Waals surface area contributed by atoms with Gasteiger partial charge in [-0.1, -0.05) is 91.6 Å². The van der Waals surface area contributed by atoms with Gasteiger partial charge in [-0.15, -0.1) is 0 Å². The number of benzene rings is 3. The molecule has 0 aliphatic heterocycles. The lowest BCUT2D eigenvalue weighted by Crippen LogP contribution is -2.37. The van der Waals surface area contributed by atoms with Crippen LogP contribution in [-0.4, -0.2) is 23.0 Å². The number of pyridine rings is 3. The molecule has 0 aliphatic rings. The summed E-state index contributed by atoms with van der Waals surface area (Å²) in [5.41, 5.74) is 8.46. The smallest absolute Gasteiger partial charge is 0.0795 e. The molecule has 174 valence electrons. The van der Waals surface area contributed by atoms with Crippen molar-refractivity contribution in [3.8, 4) is 33.5 Å². The maximum absolute atomic E-state index is 4.79. The van der Waals surface area contributed by atoms with Gasteiger partial charge >= 0.3 is 0 Å². The molecule has 0 saturated heterocycles. The van der Waals surface area contributed by atoms with Crippen molar-refractivity contribution in [2.75, 3.05) is 0 Å². The number of para-hydroxylation sites is 1. The Morgan fingerprint density at radius 3 is 2.08 bits per heavy atom. The van der Waals surface area contributed by atoms with Gasteiger partial charge in [-0.2, -0.15) is 0 Å². The van der Waals surface area contributed by atoms with E-state index in [1.54, 1.807) is 0 Å². The van der Waals surface area contributed by atoms with Crippen LogP contribution in [0.1, 0.15) is 0 Å². The van der Waals surface area contributed by atoms with Crippen molar-refractivity contribution in [1.29, 1.82) is 0 Å². The number of hydrogen-bond donors (Lipinski definition) is 0. The standard InChI is InChI=1S/C32H27N3Si/c1-36(2,3)28-14-11-22(12-15-28)24-9-10-25-18-27(21-35-31(25)19-24)26-13-16-30(34-20-26)29-8-4-6-23-7-5-17-33-32(23)29/h4-21H,1-3H3. The molecule has 0 N–H and O–H groups in total. The summed E-state index contributed by atoms with van der Waals surface area (Å²) >= 11 is 0. The van der Waals surface area contributed by atoms with Gasteiger partial charge in [0.2, 0.25) is 0 Å². The third-order valence-corrected chi connectivity index (χ3v) is 8.84. The Morgan fingerprint density at radius 1 is 0.556 bits per heavy atom. The van der Waals surface area contributed by atoms with Crippen molar-refractivity contribution in [1.82, 2.24) is 15.0 Å². The lowest BCUT2D eigenvalue weighted by Gasteiger charge is -2.16. The first-order chi connectivity index (χ1) is 17.5. The van der Waals surface area contributed by atoms with Crippen LogP contribution in [0.15, 0.2) is 110 Å². The van der Waals surface area contributed by atoms with E-state index in [2.05, 4.69) is 110 Å². The van der Waals surface area contributed by atoms with Crippen LogP contribution in [0.3, 0.4) is 0 Å². The number of aromatic nitrogens is 3. The monoisotopic (exact) mass is 481 g/mol. The minimum Gasteiger partial charge on any atom is -0.256 e. The van der Waals surface area contributed by atoms with Crippen LogP contribution >= 0.6 is 0 Å². The van der Waals surface area contributed by atoms with Gasteiger partial charge in [0.25, 0.3) is 0 Å². The number of hydrogen-bond acceptors (Lipinski definition) is 3. The van der Waals surface area contributed by atoms with Gasteiger partial charge in [-0.25, -0.2) is 0 Å². The van der Waals surface area contributed by atoms with Crippen LogP contribution in [0.25, 0.3) is 55.3 Å². The Hall–Kier alpha value is -4.15. The van der Waals surface area contributed by atoms with Gasteiger partial charge in [0.05, 0.1) is 24.8 Å². The zero-order chi connectivity index (χ0) is 24.7. The molecule has 3 heterocycles. The van der Waals surface area contributed by atoms with E-state index in [0.29, 0.717) is 0 Å². The fraction of sp³-hybridized carbons (Fsp3) is 0.0938. The predicted octanol–water partition coefficient (Wildman–Crippen LogP) is 7.72. The summed E-state index contributed by atoms with van der Waals surface area (Å²) in [6, 6.07) is 32.2. The average Bonchev–Trinajstić information content (AvgIpc) is 2.92. The summed E-state index contributed by atoms with van der Waals surface area (Å²) in [4.78, 5) is 14.1. The second-order valence-corrected chi connectivity index (χ2v) is 15.3. The van der Waals surface area contributed by atoms with E-state index in [-0.39, 0.29) is 0 Å². The topological polar surface area (TPSA) is 38.7 Å². The molecule has 0 aliphatic carbocycles. The highest BCUT2D eigenvalue weighted by atomic mass is 28.3. The van der Waals surface area contributed by atoms with Crippen LogP contribution in [-0.2, 0) is 0 Å². The molecule has 6 rings (SSSR count). The first-order valence-corrected chi connectivity index (χ1v) is 15.8. The van der Waals surface area contributed by atoms with Gasteiger partial charge in [0, 0.05) is 46.1 Å². The van der Waals surface area contributed by atoms with E-state index in [0.717, 1.165) is 44.2 Å². The Balaban J connectivity index is 1.29. The van der Waals surface area contributed by atoms with E-state index in [4.69, 9.17) is 9.97 Å². The van der Waals surface area contributed by atoms with E-state index >= 15 is 0 Å². The first-order valence-electron chi connectivity index (χ1n) is 12.3. The molecule has 0 amide bonds. The molecule has 0 bridgehead atoms. The quantitative estimate of drug-likeness (QED) is 0.242. The van der Waals surface area contributed by atoms with Crippen molar-refractivity contribution in [3.63, 3.8) is 0 Å². The minimum absolute atomic E-state index is 0.918. The highest BCUT2D eigenvalue weighted by Gasteiger charge is 2.16. The zero-order valence-electron chi connectivity index (χ0n) is 20.7. The van der Waals surface area contributed by atoms with Crippen molar-refractivity contribution in [2.45, 2.75) is 19.6 Å². The predicted molar refractivity (Wildman–Crippen MR) is 154 cm³/mol. The number of nitrogens with zero attached hydrogens (tertiary/aromatic N) is 3. The van der Waals surface area contributed by atoms with Gasteiger partial charge in [0.15, 0.2) is 0 Å². The fourth-order valence-corrected chi connectivity index (χ4v) is 5.82. The normalized spacial score (nSPS) is 11.8. The molecule has 3 nitrogen and oxygen atoms in total. The Morgan fingerprint density at radius 2 is 1.31 bits per heavy atom. The molecule has 0 spiro atoms. The summed E-state index contributed by atoms with van der Waals surface area (Å²) in [7, 11) is -1.30. The lowest BCUT2D eigenvalue weighted by atomic mass is 10.0. The molecule has 3 aromatic carbocycles. The highest BCUT2D eigenvalue weighted by Crippen LogP contribution is 2.29. The van der Waals surface area contributed by atoms with Gasteiger partial charge < -0.3 is 0 Å². The molecular formula is C32H27N3Si. The SMILES string of the molecule is C[Si](C)(C)c1ccc(-c2ccc3cc(-c4ccc(-c5cccc6cccnc56)nc4)cnc3c2)cc1. The summed E-state index contributed by atoms with van der Waals surface area (Å²) < 4.78 is 0. The molecule has 0 unspecified atom stereocenters. The summed E-state index contributed by atoms with van der Waals surface area (Å²) in [5.74, 6) is 0. The molecule has 3 aromatic heterocycles. The highest BCUT2D eigenvalue weighted by molar-refractivity contribution is 6.88. The molecule has 0 radical (unpaired) electrons. The van der Waals surface area contributed by atoms with E-state index in [9.17, 15) is 0 Å². The molecule has 4 heteroatoms. The van der Waals surface area contributed by atoms with Crippen LogP contribution in [0.5, 0.6) is 0 Å². The number of fused-ring (bicyclic) bond motifs is 2. The van der Waals surface area contributed by atoms with Crippen LogP contribution in [0.2, 0.25) is 19.6 Å². The second kappa shape index (κ2) is 8.81. The van der Waals surface area contributed by atoms with E-state index < -0.39 is 8.07 Å². The third kappa shape index (κ3) is 4.21. The first kappa shape index (κ1) is 22.3. The summed E-state index contributed by atoms with van der Waals surface area (Å²) in [6.07, 6.45) is 5.69. The molecule has 6 aromatic rings. The summed E-state index contributed by atoms with van der Waals surface area (Å²) in [6.45, 7) is 7.14. The van der Waals surface area contributed by atoms with E-state index in [1.165, 1.54) is 16.3 Å². The van der Waals surface area contributed by atoms with Crippen LogP contribution in [0.4, 0.5) is 0 Å². The molecule has 0 saturated carbocycles. The van der Waals surface area contributed by atoms with Crippen molar-refractivity contribution in [2.24, 2.45) is 0 Å². The number of rotatable bonds is 4. The fourth-order valence-electron chi connectivity index (χ4n) is 4.66. The summed E-state index contributed by atoms with van der Waals surface area (Å²) in [5, 5.41) is 3.72. The third-order valence-electron chi connectivity index (χ3n) is 6.77. The van der Waals surface area contributed by atoms with Gasteiger partial charge in [0.1, 0.15) is 0 Å². The van der Waals surface area contributed by atoms with Crippen molar-refractivity contribution in [3.05, 3.63) is 110 Å². The van der Waals surface area contributed by atoms with Crippen LogP contribution in [0, 0.1) is 0 Å². The van der Waals surface area contributed by atoms with Crippen molar-refractivity contribution >= 4 is 35.1 Å². The van der Waals surface area contributed by atoms with Crippen LogP contribution < -0.4 is 5.19 Å². The Labute approximate surface area is 212 Å².